The van der Waals surface area contributed by atoms with Crippen LogP contribution in [0.1, 0.15) is 53.3 Å². The number of hydrogen-bond donors (Lipinski definition) is 3. The second kappa shape index (κ2) is 8.21. The summed E-state index contributed by atoms with van der Waals surface area (Å²) < 4.78 is 0. The SMILES string of the molecule is CC1(NC(=O)c2cccc(NC(=O)c3cccnc3)c2)CCCCC1C(=O)O. The van der Waals surface area contributed by atoms with E-state index in [0.29, 0.717) is 29.7 Å². The number of aliphatic carboxylic acids is 1. The summed E-state index contributed by atoms with van der Waals surface area (Å²) in [6.45, 7) is 1.79. The van der Waals surface area contributed by atoms with Crippen LogP contribution in [0.25, 0.3) is 0 Å². The number of hydrogen-bond acceptors (Lipinski definition) is 4. The molecule has 0 aliphatic heterocycles. The summed E-state index contributed by atoms with van der Waals surface area (Å²) in [4.78, 5) is 40.5. The number of amides is 2. The fraction of sp³-hybridized carbons (Fsp3) is 0.333. The van der Waals surface area contributed by atoms with Gasteiger partial charge in [0.25, 0.3) is 11.8 Å². The third-order valence-corrected chi connectivity index (χ3v) is 5.21. The molecule has 28 heavy (non-hydrogen) atoms. The van der Waals surface area contributed by atoms with E-state index >= 15 is 0 Å². The van der Waals surface area contributed by atoms with E-state index in [2.05, 4.69) is 15.6 Å². The number of nitrogens with one attached hydrogen (secondary N) is 2. The summed E-state index contributed by atoms with van der Waals surface area (Å²) in [6.07, 6.45) is 5.93. The molecule has 2 aromatic rings. The molecule has 0 spiro atoms. The number of carbonyl (C=O) groups excluding carboxylic acids is 2. The predicted molar refractivity (Wildman–Crippen MR) is 104 cm³/mol. The lowest BCUT2D eigenvalue weighted by molar-refractivity contribution is -0.145. The van der Waals surface area contributed by atoms with E-state index in [-0.39, 0.29) is 11.8 Å². The molecule has 3 rings (SSSR count). The maximum absolute atomic E-state index is 12.8. The van der Waals surface area contributed by atoms with Crippen LogP contribution in [0.15, 0.2) is 48.8 Å². The Labute approximate surface area is 163 Å². The molecule has 3 N–H and O–H groups in total. The molecule has 2 amide bonds. The molecule has 146 valence electrons. The first-order valence-corrected chi connectivity index (χ1v) is 9.26. The number of pyridine rings is 1. The van der Waals surface area contributed by atoms with Crippen molar-refractivity contribution in [1.29, 1.82) is 0 Å². The van der Waals surface area contributed by atoms with Crippen LogP contribution in [0.2, 0.25) is 0 Å². The summed E-state index contributed by atoms with van der Waals surface area (Å²) >= 11 is 0. The fourth-order valence-corrected chi connectivity index (χ4v) is 3.65. The minimum Gasteiger partial charge on any atom is -0.481 e. The highest BCUT2D eigenvalue weighted by Crippen LogP contribution is 2.34. The summed E-state index contributed by atoms with van der Waals surface area (Å²) in [5, 5.41) is 15.2. The third-order valence-electron chi connectivity index (χ3n) is 5.21. The van der Waals surface area contributed by atoms with Crippen molar-refractivity contribution in [1.82, 2.24) is 10.3 Å². The van der Waals surface area contributed by atoms with Gasteiger partial charge < -0.3 is 15.7 Å². The topological polar surface area (TPSA) is 108 Å². The number of carbonyl (C=O) groups is 3. The Balaban J connectivity index is 1.73. The maximum Gasteiger partial charge on any atom is 0.308 e. The average molecular weight is 381 g/mol. The Morgan fingerprint density at radius 1 is 1.11 bits per heavy atom. The van der Waals surface area contributed by atoms with E-state index in [4.69, 9.17) is 0 Å². The summed E-state index contributed by atoms with van der Waals surface area (Å²) in [6, 6.07) is 9.89. The zero-order valence-electron chi connectivity index (χ0n) is 15.6. The molecule has 1 aromatic heterocycles. The van der Waals surface area contributed by atoms with E-state index in [1.807, 2.05) is 0 Å². The van der Waals surface area contributed by atoms with Crippen LogP contribution in [-0.2, 0) is 4.79 Å². The van der Waals surface area contributed by atoms with E-state index in [1.54, 1.807) is 49.5 Å². The van der Waals surface area contributed by atoms with Crippen LogP contribution in [0, 0.1) is 5.92 Å². The molecule has 1 heterocycles. The molecule has 2 unspecified atom stereocenters. The van der Waals surface area contributed by atoms with Crippen molar-refractivity contribution in [3.05, 3.63) is 59.9 Å². The lowest BCUT2D eigenvalue weighted by atomic mass is 9.73. The standard InChI is InChI=1S/C21H23N3O4/c1-21(10-3-2-9-17(21)20(27)28)24-19(26)14-6-4-8-16(12-14)23-18(25)15-7-5-11-22-13-15/h4-8,11-13,17H,2-3,9-10H2,1H3,(H,23,25)(H,24,26)(H,27,28). The first-order chi connectivity index (χ1) is 13.4. The van der Waals surface area contributed by atoms with Gasteiger partial charge in [-0.3, -0.25) is 19.4 Å². The van der Waals surface area contributed by atoms with Crippen LogP contribution >= 0.6 is 0 Å². The highest BCUT2D eigenvalue weighted by molar-refractivity contribution is 6.05. The molecule has 0 saturated heterocycles. The molecule has 7 nitrogen and oxygen atoms in total. The van der Waals surface area contributed by atoms with Crippen molar-refractivity contribution in [2.45, 2.75) is 38.1 Å². The van der Waals surface area contributed by atoms with Gasteiger partial charge in [0.1, 0.15) is 0 Å². The smallest absolute Gasteiger partial charge is 0.308 e. The summed E-state index contributed by atoms with van der Waals surface area (Å²) in [5.41, 5.74) is 0.456. The van der Waals surface area contributed by atoms with Crippen molar-refractivity contribution in [2.75, 3.05) is 5.32 Å². The van der Waals surface area contributed by atoms with Crippen LogP contribution in [0.4, 0.5) is 5.69 Å². The van der Waals surface area contributed by atoms with Crippen molar-refractivity contribution in [2.24, 2.45) is 5.92 Å². The molecular weight excluding hydrogens is 358 g/mol. The molecule has 1 fully saturated rings. The van der Waals surface area contributed by atoms with E-state index in [0.717, 1.165) is 12.8 Å². The molecule has 1 aliphatic rings. The Hall–Kier alpha value is -3.22. The van der Waals surface area contributed by atoms with Crippen LogP contribution in [0.3, 0.4) is 0 Å². The van der Waals surface area contributed by atoms with Gasteiger partial charge in [-0.15, -0.1) is 0 Å². The lowest BCUT2D eigenvalue weighted by Crippen LogP contribution is -2.55. The molecule has 0 radical (unpaired) electrons. The predicted octanol–water partition coefficient (Wildman–Crippen LogP) is 3.10. The minimum atomic E-state index is -0.889. The number of aromatic nitrogens is 1. The number of carboxylic acids is 1. The van der Waals surface area contributed by atoms with Gasteiger partial charge in [0.05, 0.1) is 17.0 Å². The number of anilines is 1. The Bertz CT molecular complexity index is 884. The van der Waals surface area contributed by atoms with Crippen molar-refractivity contribution >= 4 is 23.5 Å². The van der Waals surface area contributed by atoms with Gasteiger partial charge in [-0.25, -0.2) is 0 Å². The summed E-state index contributed by atoms with van der Waals surface area (Å²) in [7, 11) is 0. The van der Waals surface area contributed by atoms with Crippen LogP contribution in [0.5, 0.6) is 0 Å². The van der Waals surface area contributed by atoms with Crippen molar-refractivity contribution < 1.29 is 19.5 Å². The largest absolute Gasteiger partial charge is 0.481 e. The van der Waals surface area contributed by atoms with Crippen LogP contribution in [-0.4, -0.2) is 33.4 Å². The monoisotopic (exact) mass is 381 g/mol. The molecular formula is C21H23N3O4. The lowest BCUT2D eigenvalue weighted by Gasteiger charge is -2.39. The number of rotatable bonds is 5. The van der Waals surface area contributed by atoms with Crippen molar-refractivity contribution in [3.63, 3.8) is 0 Å². The number of carboxylic acid groups (broad SMARTS) is 1. The highest BCUT2D eigenvalue weighted by Gasteiger charge is 2.42. The molecule has 0 bridgehead atoms. The number of benzene rings is 1. The first kappa shape index (κ1) is 19.5. The van der Waals surface area contributed by atoms with Crippen LogP contribution < -0.4 is 10.6 Å². The first-order valence-electron chi connectivity index (χ1n) is 9.26. The van der Waals surface area contributed by atoms with E-state index in [9.17, 15) is 19.5 Å². The summed E-state index contributed by atoms with van der Waals surface area (Å²) in [5.74, 6) is -2.18. The van der Waals surface area contributed by atoms with Gasteiger partial charge in [-0.2, -0.15) is 0 Å². The molecule has 1 aliphatic carbocycles. The van der Waals surface area contributed by atoms with Gasteiger partial charge in [0.15, 0.2) is 0 Å². The Morgan fingerprint density at radius 2 is 1.89 bits per heavy atom. The second-order valence-electron chi connectivity index (χ2n) is 7.28. The highest BCUT2D eigenvalue weighted by atomic mass is 16.4. The van der Waals surface area contributed by atoms with Gasteiger partial charge in [-0.05, 0) is 50.1 Å². The van der Waals surface area contributed by atoms with E-state index < -0.39 is 17.4 Å². The average Bonchev–Trinajstić information content (AvgIpc) is 2.68. The quantitative estimate of drug-likeness (QED) is 0.737. The van der Waals surface area contributed by atoms with Gasteiger partial charge in [0.2, 0.25) is 0 Å². The van der Waals surface area contributed by atoms with Gasteiger partial charge in [0, 0.05) is 23.6 Å². The normalized spacial score (nSPS) is 21.5. The zero-order valence-corrected chi connectivity index (χ0v) is 15.6. The van der Waals surface area contributed by atoms with E-state index in [1.165, 1.54) is 6.20 Å². The van der Waals surface area contributed by atoms with Gasteiger partial charge >= 0.3 is 5.97 Å². The fourth-order valence-electron chi connectivity index (χ4n) is 3.65. The molecule has 2 atom stereocenters. The Kier molecular flexibility index (Phi) is 5.73. The number of nitrogens with zero attached hydrogens (tertiary/aromatic N) is 1. The molecule has 1 aromatic carbocycles. The molecule has 1 saturated carbocycles. The van der Waals surface area contributed by atoms with Gasteiger partial charge in [-0.1, -0.05) is 18.9 Å². The molecule has 7 heteroatoms. The maximum atomic E-state index is 12.8. The second-order valence-corrected chi connectivity index (χ2v) is 7.28. The Morgan fingerprint density at radius 3 is 2.61 bits per heavy atom. The third kappa shape index (κ3) is 4.36. The van der Waals surface area contributed by atoms with Crippen molar-refractivity contribution in [3.8, 4) is 0 Å². The zero-order chi connectivity index (χ0) is 20.1. The minimum absolute atomic E-state index is 0.323.